The molecule has 3 aliphatic heterocycles. The van der Waals surface area contributed by atoms with E-state index < -0.39 is 35.4 Å². The van der Waals surface area contributed by atoms with E-state index >= 15 is 0 Å². The molecule has 4 aromatic carbocycles. The first kappa shape index (κ1) is 42.5. The Bertz CT molecular complexity index is 2570. The maximum Gasteiger partial charge on any atom is 0.258 e. The lowest BCUT2D eigenvalue weighted by molar-refractivity contribution is -0.134. The number of aldehydes is 1. The summed E-state index contributed by atoms with van der Waals surface area (Å²) in [5, 5.41) is 22.3. The van der Waals surface area contributed by atoms with Gasteiger partial charge in [-0.05, 0) is 97.5 Å². The fourth-order valence-electron chi connectivity index (χ4n) is 8.05. The maximum absolute atomic E-state index is 14.0. The molecule has 1 atom stereocenters. The van der Waals surface area contributed by atoms with Gasteiger partial charge in [-0.15, -0.1) is 0 Å². The van der Waals surface area contributed by atoms with E-state index in [2.05, 4.69) is 41.7 Å². The Morgan fingerprint density at radius 1 is 0.841 bits per heavy atom. The van der Waals surface area contributed by atoms with Crippen LogP contribution in [-0.2, 0) is 25.5 Å². The highest BCUT2D eigenvalue weighted by atomic mass is 19.1. The van der Waals surface area contributed by atoms with Crippen molar-refractivity contribution in [3.8, 4) is 0 Å². The van der Waals surface area contributed by atoms with Gasteiger partial charge in [-0.25, -0.2) is 8.78 Å². The van der Waals surface area contributed by atoms with Crippen LogP contribution < -0.4 is 31.5 Å². The third kappa shape index (κ3) is 10.1. The molecule has 3 aliphatic rings. The summed E-state index contributed by atoms with van der Waals surface area (Å²) < 4.78 is 33.3. The Kier molecular flexibility index (Phi) is 12.7. The number of anilines is 4. The number of piperidine rings is 1. The van der Waals surface area contributed by atoms with Crippen LogP contribution in [0.5, 0.6) is 0 Å². The van der Waals surface area contributed by atoms with Gasteiger partial charge in [-0.2, -0.15) is 5.10 Å². The number of fused-ring (bicyclic) bond motifs is 1. The summed E-state index contributed by atoms with van der Waals surface area (Å²) in [5.74, 6) is -3.17. The second kappa shape index (κ2) is 18.8. The maximum atomic E-state index is 14.0. The third-order valence-electron chi connectivity index (χ3n) is 11.4. The number of amides is 5. The molecule has 63 heavy (non-hydrogen) atoms. The van der Waals surface area contributed by atoms with Gasteiger partial charge in [0, 0.05) is 91.5 Å². The zero-order valence-corrected chi connectivity index (χ0v) is 34.1. The fraction of sp³-hybridized carbons (Fsp3) is 0.311. The summed E-state index contributed by atoms with van der Waals surface area (Å²) in [6.07, 6.45) is 2.59. The second-order valence-corrected chi connectivity index (χ2v) is 15.7. The molecular weight excluding hydrogens is 817 g/mol. The van der Waals surface area contributed by atoms with Gasteiger partial charge in [-0.3, -0.25) is 39.2 Å². The van der Waals surface area contributed by atoms with E-state index in [1.807, 2.05) is 30.3 Å². The van der Waals surface area contributed by atoms with E-state index in [0.717, 1.165) is 30.2 Å². The molecule has 8 rings (SSSR count). The molecule has 1 aromatic heterocycles. The first-order valence-corrected chi connectivity index (χ1v) is 20.7. The zero-order valence-electron chi connectivity index (χ0n) is 34.1. The third-order valence-corrected chi connectivity index (χ3v) is 11.4. The van der Waals surface area contributed by atoms with Crippen molar-refractivity contribution in [3.63, 3.8) is 0 Å². The first-order chi connectivity index (χ1) is 30.5. The number of nitrogens with one attached hydrogen (secondary N) is 6. The number of rotatable bonds is 13. The molecule has 18 heteroatoms. The molecule has 0 aliphatic carbocycles. The van der Waals surface area contributed by atoms with Crippen LogP contribution in [0.4, 0.5) is 31.7 Å². The van der Waals surface area contributed by atoms with E-state index in [1.165, 1.54) is 24.3 Å². The number of benzene rings is 4. The molecule has 5 amide bonds. The van der Waals surface area contributed by atoms with Crippen molar-refractivity contribution in [3.05, 3.63) is 112 Å². The van der Waals surface area contributed by atoms with Crippen LogP contribution in [0.3, 0.4) is 0 Å². The van der Waals surface area contributed by atoms with Gasteiger partial charge in [0.2, 0.25) is 17.7 Å². The Balaban J connectivity index is 0.897. The van der Waals surface area contributed by atoms with E-state index in [1.54, 1.807) is 17.0 Å². The highest BCUT2D eigenvalue weighted by Crippen LogP contribution is 2.30. The lowest BCUT2D eigenvalue weighted by atomic mass is 10.0. The molecular formula is C45H45F2N9O7. The lowest BCUT2D eigenvalue weighted by Gasteiger charge is -2.36. The van der Waals surface area contributed by atoms with Crippen molar-refractivity contribution in [2.24, 2.45) is 0 Å². The number of aromatic nitrogens is 2. The number of hydrogen-bond acceptors (Lipinski definition) is 11. The Morgan fingerprint density at radius 3 is 2.35 bits per heavy atom. The average Bonchev–Trinajstić information content (AvgIpc) is 3.67. The van der Waals surface area contributed by atoms with Crippen molar-refractivity contribution < 1.29 is 42.3 Å². The van der Waals surface area contributed by atoms with Crippen LogP contribution in [0.2, 0.25) is 0 Å². The molecule has 326 valence electrons. The van der Waals surface area contributed by atoms with Gasteiger partial charge in [0.05, 0.1) is 17.6 Å². The summed E-state index contributed by atoms with van der Waals surface area (Å²) in [6, 6.07) is 18.1. The monoisotopic (exact) mass is 861 g/mol. The van der Waals surface area contributed by atoms with Crippen molar-refractivity contribution in [2.75, 3.05) is 66.8 Å². The average molecular weight is 862 g/mol. The van der Waals surface area contributed by atoms with Crippen LogP contribution >= 0.6 is 0 Å². The van der Waals surface area contributed by atoms with Crippen LogP contribution in [0.25, 0.3) is 10.9 Å². The number of aromatic amines is 1. The summed E-state index contributed by atoms with van der Waals surface area (Å²) in [4.78, 5) is 79.5. The number of ether oxygens (including phenoxy) is 1. The first-order valence-electron chi connectivity index (χ1n) is 20.7. The molecule has 3 fully saturated rings. The van der Waals surface area contributed by atoms with Crippen molar-refractivity contribution in [2.45, 2.75) is 44.2 Å². The molecule has 0 bridgehead atoms. The van der Waals surface area contributed by atoms with Gasteiger partial charge < -0.3 is 35.8 Å². The number of carbonyl (C=O) groups excluding carboxylic acids is 6. The predicted molar refractivity (Wildman–Crippen MR) is 230 cm³/mol. The smallest absolute Gasteiger partial charge is 0.258 e. The highest BCUT2D eigenvalue weighted by molar-refractivity contribution is 6.11. The molecule has 0 spiro atoms. The van der Waals surface area contributed by atoms with Gasteiger partial charge in [0.25, 0.3) is 11.8 Å². The molecule has 4 heterocycles. The van der Waals surface area contributed by atoms with Gasteiger partial charge in [0.15, 0.2) is 12.1 Å². The molecule has 0 saturated carbocycles. The lowest BCUT2D eigenvalue weighted by Crippen LogP contribution is -2.52. The topological polar surface area (TPSA) is 207 Å². The van der Waals surface area contributed by atoms with Crippen molar-refractivity contribution in [1.82, 2.24) is 25.7 Å². The quantitative estimate of drug-likeness (QED) is 0.0724. The predicted octanol–water partition coefficient (Wildman–Crippen LogP) is 4.38. The summed E-state index contributed by atoms with van der Waals surface area (Å²) in [7, 11) is 0. The second-order valence-electron chi connectivity index (χ2n) is 15.7. The standard InChI is InChI=1S/C45H45F2N9O7/c46-29-18-27(19-30(47)22-29)17-26-1-6-37-36(20-26)42(54-53-37)52-44(61)35-5-3-33(23-39(35)49-31-9-15-63-16-10-31)55-11-13-56(14-12-55)41(59)24-48-32-2-4-34(28(21-32)25-57)43(60)50-38-7-8-40(58)51-45(38)62/h1-6,18-23,25,31,38,48-49H,7-17,24H2,(H,50,60)(H,51,58,62)(H2,52,53,54,61). The van der Waals surface area contributed by atoms with Gasteiger partial charge >= 0.3 is 0 Å². The largest absolute Gasteiger partial charge is 0.381 e. The highest BCUT2D eigenvalue weighted by Gasteiger charge is 2.29. The number of hydrogen-bond donors (Lipinski definition) is 6. The molecule has 1 unspecified atom stereocenters. The van der Waals surface area contributed by atoms with Gasteiger partial charge in [-0.1, -0.05) is 6.07 Å². The van der Waals surface area contributed by atoms with Crippen molar-refractivity contribution >= 4 is 69.6 Å². The van der Waals surface area contributed by atoms with Crippen molar-refractivity contribution in [1.29, 1.82) is 0 Å². The number of piperazine rings is 1. The number of imide groups is 1. The van der Waals surface area contributed by atoms with Crippen LogP contribution in [0.15, 0.2) is 72.8 Å². The fourth-order valence-corrected chi connectivity index (χ4v) is 8.05. The van der Waals surface area contributed by atoms with Crippen LogP contribution in [0, 0.1) is 11.6 Å². The number of H-pyrrole nitrogens is 1. The minimum absolute atomic E-state index is 0.0529. The molecule has 3 saturated heterocycles. The van der Waals surface area contributed by atoms with Crippen LogP contribution in [-0.4, -0.2) is 109 Å². The van der Waals surface area contributed by atoms with E-state index in [-0.39, 0.29) is 54.8 Å². The Labute approximate surface area is 360 Å². The molecule has 0 radical (unpaired) electrons. The number of carbonyl (C=O) groups is 6. The Hall–Kier alpha value is -7.21. The summed E-state index contributed by atoms with van der Waals surface area (Å²) >= 11 is 0. The summed E-state index contributed by atoms with van der Waals surface area (Å²) in [5.41, 5.74) is 4.45. The SMILES string of the molecule is O=Cc1cc(NCC(=O)N2CCN(c3ccc(C(=O)Nc4n[nH]c5ccc(Cc6cc(F)cc(F)c6)cc45)c(NC4CCOCC4)c3)CC2)ccc1C(=O)NC1CCC(=O)NC1=O. The van der Waals surface area contributed by atoms with E-state index in [0.29, 0.717) is 84.9 Å². The van der Waals surface area contributed by atoms with E-state index in [9.17, 15) is 37.5 Å². The minimum atomic E-state index is -0.893. The van der Waals surface area contributed by atoms with E-state index in [4.69, 9.17) is 4.74 Å². The minimum Gasteiger partial charge on any atom is -0.381 e. The van der Waals surface area contributed by atoms with Crippen LogP contribution in [0.1, 0.15) is 67.9 Å². The summed E-state index contributed by atoms with van der Waals surface area (Å²) in [6.45, 7) is 3.08. The molecule has 5 aromatic rings. The number of halogens is 2. The molecule has 6 N–H and O–H groups in total. The molecule has 16 nitrogen and oxygen atoms in total. The number of nitrogens with zero attached hydrogens (tertiary/aromatic N) is 3. The normalized spacial score (nSPS) is 17.0. The van der Waals surface area contributed by atoms with Gasteiger partial charge in [0.1, 0.15) is 17.7 Å². The Morgan fingerprint density at radius 2 is 1.60 bits per heavy atom. The zero-order chi connectivity index (χ0) is 44.0.